The minimum absolute atomic E-state index is 0.0829. The van der Waals surface area contributed by atoms with Crippen molar-refractivity contribution in [1.82, 2.24) is 19.9 Å². The molecule has 1 aliphatic heterocycles. The molecule has 2 aromatic heterocycles. The summed E-state index contributed by atoms with van der Waals surface area (Å²) in [5.74, 6) is 0.899. The molecular formula is C18H18N4OS. The predicted molar refractivity (Wildman–Crippen MR) is 94.7 cm³/mol. The quantitative estimate of drug-likeness (QED) is 0.795. The van der Waals surface area contributed by atoms with E-state index in [-0.39, 0.29) is 11.9 Å². The molecule has 1 fully saturated rings. The Morgan fingerprint density at radius 1 is 1.17 bits per heavy atom. The van der Waals surface area contributed by atoms with Gasteiger partial charge in [-0.2, -0.15) is 0 Å². The van der Waals surface area contributed by atoms with Gasteiger partial charge in [-0.15, -0.1) is 11.3 Å². The fraction of sp³-hybridized carbons (Fsp3) is 0.278. The first-order valence-electron chi connectivity index (χ1n) is 8.15. The van der Waals surface area contributed by atoms with Crippen molar-refractivity contribution in [3.8, 4) is 21.3 Å². The van der Waals surface area contributed by atoms with E-state index in [9.17, 15) is 4.79 Å². The first kappa shape index (κ1) is 15.1. The number of nitrogens with zero attached hydrogens (tertiary/aromatic N) is 3. The molecule has 3 aromatic rings. The van der Waals surface area contributed by atoms with Crippen molar-refractivity contribution < 1.29 is 4.79 Å². The number of thiazole rings is 1. The first-order valence-corrected chi connectivity index (χ1v) is 8.97. The molecule has 3 heterocycles. The van der Waals surface area contributed by atoms with Gasteiger partial charge in [0.25, 0.3) is 0 Å². The van der Waals surface area contributed by atoms with Crippen molar-refractivity contribution >= 4 is 17.2 Å². The van der Waals surface area contributed by atoms with Gasteiger partial charge in [0, 0.05) is 30.7 Å². The zero-order chi connectivity index (χ0) is 16.4. The molecule has 1 N–H and O–H groups in total. The fourth-order valence-electron chi connectivity index (χ4n) is 3.04. The smallest absolute Gasteiger partial charge is 0.243 e. The van der Waals surface area contributed by atoms with Crippen LogP contribution in [-0.4, -0.2) is 27.0 Å². The summed E-state index contributed by atoms with van der Waals surface area (Å²) < 4.78 is 1.99. The molecule has 0 aliphatic carbocycles. The van der Waals surface area contributed by atoms with E-state index in [1.165, 1.54) is 0 Å². The molecule has 0 saturated carbocycles. The highest BCUT2D eigenvalue weighted by atomic mass is 32.1. The number of amides is 1. The summed E-state index contributed by atoms with van der Waals surface area (Å²) in [4.78, 5) is 22.4. The van der Waals surface area contributed by atoms with E-state index in [1.54, 1.807) is 17.5 Å². The van der Waals surface area contributed by atoms with Gasteiger partial charge in [0.2, 0.25) is 5.91 Å². The second-order valence-electron chi connectivity index (χ2n) is 5.86. The molecule has 1 aromatic carbocycles. The van der Waals surface area contributed by atoms with Crippen molar-refractivity contribution in [3.05, 3.63) is 48.9 Å². The van der Waals surface area contributed by atoms with Crippen LogP contribution in [-0.2, 0) is 4.79 Å². The van der Waals surface area contributed by atoms with Crippen LogP contribution < -0.4 is 5.32 Å². The van der Waals surface area contributed by atoms with Crippen LogP contribution in [0.25, 0.3) is 21.3 Å². The Labute approximate surface area is 144 Å². The lowest BCUT2D eigenvalue weighted by Crippen LogP contribution is -2.30. The maximum atomic E-state index is 12.4. The lowest BCUT2D eigenvalue weighted by molar-refractivity contribution is -0.124. The summed E-state index contributed by atoms with van der Waals surface area (Å²) in [5, 5.41) is 3.96. The Morgan fingerprint density at radius 2 is 2.04 bits per heavy atom. The number of hydrogen-bond donors (Lipinski definition) is 1. The molecule has 1 amide bonds. The number of benzene rings is 1. The first-order chi connectivity index (χ1) is 11.8. The summed E-state index contributed by atoms with van der Waals surface area (Å²) in [7, 11) is 0. The van der Waals surface area contributed by atoms with Crippen molar-refractivity contribution in [1.29, 1.82) is 0 Å². The van der Waals surface area contributed by atoms with E-state index in [0.29, 0.717) is 0 Å². The van der Waals surface area contributed by atoms with E-state index in [4.69, 9.17) is 0 Å². The molecule has 0 radical (unpaired) electrons. The fourth-order valence-corrected chi connectivity index (χ4v) is 3.96. The minimum atomic E-state index is -0.188. The van der Waals surface area contributed by atoms with Crippen LogP contribution in [0.1, 0.15) is 25.3 Å². The Hall–Kier alpha value is -2.47. The van der Waals surface area contributed by atoms with Crippen molar-refractivity contribution in [3.63, 3.8) is 0 Å². The summed E-state index contributed by atoms with van der Waals surface area (Å²) >= 11 is 1.60. The highest BCUT2D eigenvalue weighted by molar-refractivity contribution is 7.18. The highest BCUT2D eigenvalue weighted by Gasteiger charge is 2.25. The number of hydrogen-bond acceptors (Lipinski definition) is 4. The Morgan fingerprint density at radius 3 is 2.92 bits per heavy atom. The molecule has 0 bridgehead atoms. The van der Waals surface area contributed by atoms with Gasteiger partial charge in [-0.25, -0.2) is 9.97 Å². The normalized spacial score (nSPS) is 18.2. The van der Waals surface area contributed by atoms with Crippen molar-refractivity contribution in [2.24, 2.45) is 0 Å². The third-order valence-electron chi connectivity index (χ3n) is 4.26. The lowest BCUT2D eigenvalue weighted by Gasteiger charge is -2.16. The average molecular weight is 338 g/mol. The molecule has 6 heteroatoms. The second-order valence-corrected chi connectivity index (χ2v) is 6.89. The van der Waals surface area contributed by atoms with Crippen LogP contribution in [0.3, 0.4) is 0 Å². The zero-order valence-electron chi connectivity index (χ0n) is 13.2. The summed E-state index contributed by atoms with van der Waals surface area (Å²) in [6.45, 7) is 0.762. The largest absolute Gasteiger partial charge is 0.354 e. The zero-order valence-corrected chi connectivity index (χ0v) is 14.0. The monoisotopic (exact) mass is 338 g/mol. The minimum Gasteiger partial charge on any atom is -0.354 e. The van der Waals surface area contributed by atoms with Gasteiger partial charge >= 0.3 is 0 Å². The highest BCUT2D eigenvalue weighted by Crippen LogP contribution is 2.33. The van der Waals surface area contributed by atoms with Crippen LogP contribution in [0.5, 0.6) is 0 Å². The number of carbonyl (C=O) groups is 1. The maximum absolute atomic E-state index is 12.4. The van der Waals surface area contributed by atoms with E-state index in [0.717, 1.165) is 47.1 Å². The van der Waals surface area contributed by atoms with E-state index >= 15 is 0 Å². The number of carbonyl (C=O) groups excluding carboxylic acids is 1. The molecule has 1 aliphatic rings. The molecule has 4 rings (SSSR count). The average Bonchev–Trinajstić information content (AvgIpc) is 3.23. The van der Waals surface area contributed by atoms with E-state index in [1.807, 2.05) is 47.3 Å². The summed E-state index contributed by atoms with van der Waals surface area (Å²) in [6.07, 6.45) is 8.42. The molecule has 0 spiro atoms. The Bertz CT molecular complexity index is 840. The number of rotatable bonds is 3. The van der Waals surface area contributed by atoms with Crippen molar-refractivity contribution in [2.75, 3.05) is 6.54 Å². The van der Waals surface area contributed by atoms with Crippen LogP contribution in [0.2, 0.25) is 0 Å². The molecular weight excluding hydrogens is 320 g/mol. The standard InChI is InChI=1S/C18H18N4OS/c23-17-14(8-4-5-9-20-17)22-11-10-19-16(22)15-12-21-18(24-15)13-6-2-1-3-7-13/h1-3,6-7,10-12,14H,4-5,8-9H2,(H,20,23). The second kappa shape index (κ2) is 6.57. The van der Waals surface area contributed by atoms with Gasteiger partial charge in [-0.3, -0.25) is 4.79 Å². The van der Waals surface area contributed by atoms with E-state index in [2.05, 4.69) is 15.3 Å². The van der Waals surface area contributed by atoms with Crippen molar-refractivity contribution in [2.45, 2.75) is 25.3 Å². The molecule has 24 heavy (non-hydrogen) atoms. The molecule has 5 nitrogen and oxygen atoms in total. The van der Waals surface area contributed by atoms with Gasteiger partial charge in [0.05, 0.1) is 4.88 Å². The topological polar surface area (TPSA) is 59.8 Å². The predicted octanol–water partition coefficient (Wildman–Crippen LogP) is 3.51. The third kappa shape index (κ3) is 2.85. The molecule has 1 atom stereocenters. The van der Waals surface area contributed by atoms with Crippen LogP contribution in [0, 0.1) is 0 Å². The van der Waals surface area contributed by atoms with E-state index < -0.39 is 0 Å². The van der Waals surface area contributed by atoms with Gasteiger partial charge in [-0.1, -0.05) is 30.3 Å². The molecule has 122 valence electrons. The van der Waals surface area contributed by atoms with Crippen LogP contribution in [0.15, 0.2) is 48.9 Å². The SMILES string of the molecule is O=C1NCCCCC1n1ccnc1-c1cnc(-c2ccccc2)s1. The molecule has 1 unspecified atom stereocenters. The van der Waals surface area contributed by atoms with Gasteiger partial charge in [0.1, 0.15) is 11.0 Å². The summed E-state index contributed by atoms with van der Waals surface area (Å²) in [6, 6.07) is 9.92. The number of aromatic nitrogens is 3. The summed E-state index contributed by atoms with van der Waals surface area (Å²) in [5.41, 5.74) is 1.10. The Kier molecular flexibility index (Phi) is 4.13. The van der Waals surface area contributed by atoms with Gasteiger partial charge in [-0.05, 0) is 19.3 Å². The van der Waals surface area contributed by atoms with Crippen LogP contribution in [0.4, 0.5) is 0 Å². The number of imidazole rings is 1. The van der Waals surface area contributed by atoms with Gasteiger partial charge < -0.3 is 9.88 Å². The Balaban J connectivity index is 1.68. The third-order valence-corrected chi connectivity index (χ3v) is 5.30. The van der Waals surface area contributed by atoms with Gasteiger partial charge in [0.15, 0.2) is 5.82 Å². The van der Waals surface area contributed by atoms with Crippen LogP contribution >= 0.6 is 11.3 Å². The number of nitrogens with one attached hydrogen (secondary N) is 1. The lowest BCUT2D eigenvalue weighted by atomic mass is 10.1. The molecule has 1 saturated heterocycles. The maximum Gasteiger partial charge on any atom is 0.243 e.